The lowest BCUT2D eigenvalue weighted by Gasteiger charge is -2.04. The van der Waals surface area contributed by atoms with Crippen LogP contribution in [-0.4, -0.2) is 36.4 Å². The first-order valence-electron chi connectivity index (χ1n) is 6.43. The van der Waals surface area contributed by atoms with Gasteiger partial charge in [-0.2, -0.15) is 0 Å². The topological polar surface area (TPSA) is 109 Å². The van der Waals surface area contributed by atoms with E-state index in [4.69, 9.17) is 5.73 Å². The molecule has 0 radical (unpaired) electrons. The molecule has 1 rings (SSSR count). The minimum atomic E-state index is -0.275. The van der Waals surface area contributed by atoms with Gasteiger partial charge in [0.25, 0.3) is 5.91 Å². The van der Waals surface area contributed by atoms with Crippen LogP contribution in [0, 0.1) is 5.92 Å². The van der Waals surface area contributed by atoms with Gasteiger partial charge in [-0.1, -0.05) is 25.2 Å². The van der Waals surface area contributed by atoms with Crippen molar-refractivity contribution in [3.8, 4) is 0 Å². The second-order valence-corrected chi connectivity index (χ2v) is 5.75. The standard InChI is InChI=1S/C12H21N5O2S/c1-7(2)6-16-12-17-10(13)9(20-12)11(19)15-5-4-14-8(3)18/h7H,4-6,13H2,1-3H3,(H,14,18)(H,15,19)(H,16,17). The van der Waals surface area contributed by atoms with E-state index in [0.29, 0.717) is 29.0 Å². The average molecular weight is 299 g/mol. The van der Waals surface area contributed by atoms with Crippen molar-refractivity contribution >= 4 is 34.1 Å². The first kappa shape index (κ1) is 16.2. The number of nitrogens with two attached hydrogens (primary N) is 1. The van der Waals surface area contributed by atoms with Crippen LogP contribution in [0.1, 0.15) is 30.4 Å². The maximum absolute atomic E-state index is 11.9. The molecule has 1 heterocycles. The normalized spacial score (nSPS) is 10.4. The number of aromatic nitrogens is 1. The summed E-state index contributed by atoms with van der Waals surface area (Å²) in [6.07, 6.45) is 0. The van der Waals surface area contributed by atoms with Gasteiger partial charge in [0.2, 0.25) is 5.91 Å². The predicted molar refractivity (Wildman–Crippen MR) is 80.9 cm³/mol. The number of nitrogen functional groups attached to an aromatic ring is 1. The minimum Gasteiger partial charge on any atom is -0.382 e. The van der Waals surface area contributed by atoms with E-state index >= 15 is 0 Å². The van der Waals surface area contributed by atoms with Crippen molar-refractivity contribution in [1.29, 1.82) is 0 Å². The zero-order valence-electron chi connectivity index (χ0n) is 11.9. The van der Waals surface area contributed by atoms with Crippen LogP contribution in [0.2, 0.25) is 0 Å². The van der Waals surface area contributed by atoms with Crippen LogP contribution in [0.3, 0.4) is 0 Å². The van der Waals surface area contributed by atoms with Crippen molar-refractivity contribution in [2.45, 2.75) is 20.8 Å². The first-order chi connectivity index (χ1) is 9.40. The van der Waals surface area contributed by atoms with Crippen molar-refractivity contribution < 1.29 is 9.59 Å². The van der Waals surface area contributed by atoms with Gasteiger partial charge in [0.15, 0.2) is 5.13 Å². The molecule has 1 aromatic heterocycles. The molecule has 0 aromatic carbocycles. The molecule has 0 aliphatic rings. The molecule has 2 amide bonds. The summed E-state index contributed by atoms with van der Waals surface area (Å²) in [7, 11) is 0. The molecule has 112 valence electrons. The lowest BCUT2D eigenvalue weighted by Crippen LogP contribution is -2.33. The summed E-state index contributed by atoms with van der Waals surface area (Å²) in [5, 5.41) is 9.05. The van der Waals surface area contributed by atoms with Crippen molar-refractivity contribution in [3.05, 3.63) is 4.88 Å². The maximum atomic E-state index is 11.9. The summed E-state index contributed by atoms with van der Waals surface area (Å²) in [6.45, 7) is 7.11. The summed E-state index contributed by atoms with van der Waals surface area (Å²) in [5.41, 5.74) is 5.73. The number of hydrogen-bond donors (Lipinski definition) is 4. The summed E-state index contributed by atoms with van der Waals surface area (Å²) >= 11 is 1.23. The number of thiazole rings is 1. The molecule has 20 heavy (non-hydrogen) atoms. The second kappa shape index (κ2) is 7.68. The molecule has 0 aliphatic heterocycles. The molecule has 5 N–H and O–H groups in total. The third kappa shape index (κ3) is 5.43. The van der Waals surface area contributed by atoms with E-state index in [1.165, 1.54) is 18.3 Å². The third-order valence-corrected chi connectivity index (χ3v) is 3.33. The Morgan fingerprint density at radius 2 is 1.95 bits per heavy atom. The third-order valence-electron chi connectivity index (χ3n) is 2.31. The fourth-order valence-corrected chi connectivity index (χ4v) is 2.16. The summed E-state index contributed by atoms with van der Waals surface area (Å²) in [4.78, 5) is 27.1. The molecule has 0 atom stereocenters. The lowest BCUT2D eigenvalue weighted by molar-refractivity contribution is -0.118. The quantitative estimate of drug-likeness (QED) is 0.553. The largest absolute Gasteiger partial charge is 0.382 e. The fraction of sp³-hybridized carbons (Fsp3) is 0.583. The number of nitrogens with one attached hydrogen (secondary N) is 3. The molecular formula is C12H21N5O2S. The van der Waals surface area contributed by atoms with E-state index in [1.807, 2.05) is 0 Å². The van der Waals surface area contributed by atoms with Gasteiger partial charge in [-0.05, 0) is 5.92 Å². The highest BCUT2D eigenvalue weighted by atomic mass is 32.1. The second-order valence-electron chi connectivity index (χ2n) is 4.75. The maximum Gasteiger partial charge on any atom is 0.265 e. The highest BCUT2D eigenvalue weighted by molar-refractivity contribution is 7.18. The van der Waals surface area contributed by atoms with Crippen LogP contribution in [-0.2, 0) is 4.79 Å². The molecule has 0 saturated carbocycles. The lowest BCUT2D eigenvalue weighted by atomic mass is 10.2. The molecule has 0 unspecified atom stereocenters. The number of carbonyl (C=O) groups excluding carboxylic acids is 2. The molecular weight excluding hydrogens is 278 g/mol. The number of amides is 2. The smallest absolute Gasteiger partial charge is 0.265 e. The van der Waals surface area contributed by atoms with E-state index in [0.717, 1.165) is 6.54 Å². The van der Waals surface area contributed by atoms with Gasteiger partial charge in [0.1, 0.15) is 10.7 Å². The van der Waals surface area contributed by atoms with Gasteiger partial charge in [-0.3, -0.25) is 9.59 Å². The minimum absolute atomic E-state index is 0.128. The number of hydrogen-bond acceptors (Lipinski definition) is 6. The van der Waals surface area contributed by atoms with Crippen molar-refractivity contribution in [2.24, 2.45) is 5.92 Å². The Labute approximate surface area is 122 Å². The van der Waals surface area contributed by atoms with Gasteiger partial charge in [0.05, 0.1) is 0 Å². The van der Waals surface area contributed by atoms with Crippen molar-refractivity contribution in [1.82, 2.24) is 15.6 Å². The van der Waals surface area contributed by atoms with Crippen molar-refractivity contribution in [3.63, 3.8) is 0 Å². The SMILES string of the molecule is CC(=O)NCCNC(=O)c1sc(NCC(C)C)nc1N. The predicted octanol–water partition coefficient (Wildman–Crippen LogP) is 0.659. The van der Waals surface area contributed by atoms with E-state index in [9.17, 15) is 9.59 Å². The van der Waals surface area contributed by atoms with Crippen molar-refractivity contribution in [2.75, 3.05) is 30.7 Å². The molecule has 8 heteroatoms. The number of carbonyl (C=O) groups is 2. The highest BCUT2D eigenvalue weighted by Crippen LogP contribution is 2.24. The number of rotatable bonds is 7. The van der Waals surface area contributed by atoms with Crippen LogP contribution in [0.4, 0.5) is 10.9 Å². The highest BCUT2D eigenvalue weighted by Gasteiger charge is 2.15. The van der Waals surface area contributed by atoms with E-state index < -0.39 is 0 Å². The first-order valence-corrected chi connectivity index (χ1v) is 7.24. The number of nitrogens with zero attached hydrogens (tertiary/aromatic N) is 1. The molecule has 1 aromatic rings. The van der Waals surface area contributed by atoms with Gasteiger partial charge in [0, 0.05) is 26.6 Å². The van der Waals surface area contributed by atoms with Crippen LogP contribution in [0.5, 0.6) is 0 Å². The zero-order valence-corrected chi connectivity index (χ0v) is 12.8. The molecule has 0 spiro atoms. The van der Waals surface area contributed by atoms with Crippen LogP contribution >= 0.6 is 11.3 Å². The molecule has 0 saturated heterocycles. The fourth-order valence-electron chi connectivity index (χ4n) is 1.36. The van der Waals surface area contributed by atoms with E-state index in [-0.39, 0.29) is 17.6 Å². The molecule has 0 bridgehead atoms. The molecule has 7 nitrogen and oxygen atoms in total. The molecule has 0 aliphatic carbocycles. The Morgan fingerprint density at radius 3 is 2.55 bits per heavy atom. The van der Waals surface area contributed by atoms with E-state index in [2.05, 4.69) is 34.8 Å². The summed E-state index contributed by atoms with van der Waals surface area (Å²) in [6, 6.07) is 0. The molecule has 0 fully saturated rings. The average Bonchev–Trinajstić information content (AvgIpc) is 2.73. The van der Waals surface area contributed by atoms with E-state index in [1.54, 1.807) is 0 Å². The Hall–Kier alpha value is -1.83. The van der Waals surface area contributed by atoms with Gasteiger partial charge in [-0.15, -0.1) is 0 Å². The van der Waals surface area contributed by atoms with Gasteiger partial charge >= 0.3 is 0 Å². The Balaban J connectivity index is 2.49. The van der Waals surface area contributed by atoms with Crippen LogP contribution < -0.4 is 21.7 Å². The monoisotopic (exact) mass is 299 g/mol. The Bertz CT molecular complexity index is 472. The Kier molecular flexibility index (Phi) is 6.23. The summed E-state index contributed by atoms with van der Waals surface area (Å²) in [5.74, 6) is 0.299. The number of anilines is 2. The van der Waals surface area contributed by atoms with Crippen LogP contribution in [0.25, 0.3) is 0 Å². The van der Waals surface area contributed by atoms with Crippen LogP contribution in [0.15, 0.2) is 0 Å². The zero-order chi connectivity index (χ0) is 15.1. The summed E-state index contributed by atoms with van der Waals surface area (Å²) < 4.78 is 0. The van der Waals surface area contributed by atoms with Gasteiger partial charge in [-0.25, -0.2) is 4.98 Å². The Morgan fingerprint density at radius 1 is 1.30 bits per heavy atom. The van der Waals surface area contributed by atoms with Gasteiger partial charge < -0.3 is 21.7 Å².